The highest BCUT2D eigenvalue weighted by molar-refractivity contribution is 5.51. The van der Waals surface area contributed by atoms with Crippen molar-refractivity contribution < 1.29 is 0 Å². The number of hydrogen-bond donors (Lipinski definition) is 1. The summed E-state index contributed by atoms with van der Waals surface area (Å²) in [5.74, 6) is 0.481. The highest BCUT2D eigenvalue weighted by atomic mass is 15.1. The summed E-state index contributed by atoms with van der Waals surface area (Å²) in [5, 5.41) is 7.64. The maximum absolute atomic E-state index is 5.50. The molecule has 1 aromatic rings. The van der Waals surface area contributed by atoms with Crippen LogP contribution in [0.15, 0.2) is 22.5 Å². The highest BCUT2D eigenvalue weighted by Crippen LogP contribution is 2.20. The Labute approximate surface area is 71.5 Å². The average Bonchev–Trinajstić information content (AvgIpc) is 2.05. The normalized spacial score (nSPS) is 10.8. The molecule has 0 bridgehead atoms. The van der Waals surface area contributed by atoms with Gasteiger partial charge in [-0.15, -0.1) is 0 Å². The van der Waals surface area contributed by atoms with Crippen LogP contribution in [0.4, 0.5) is 11.5 Å². The van der Waals surface area contributed by atoms with Gasteiger partial charge in [-0.1, -0.05) is 6.92 Å². The highest BCUT2D eigenvalue weighted by Gasteiger charge is 1.99. The maximum atomic E-state index is 5.50. The van der Waals surface area contributed by atoms with E-state index in [4.69, 9.17) is 5.73 Å². The van der Waals surface area contributed by atoms with Crippen LogP contribution in [0.1, 0.15) is 12.5 Å². The van der Waals surface area contributed by atoms with Crippen molar-refractivity contribution in [2.75, 3.05) is 12.8 Å². The molecule has 2 N–H and O–H groups in total. The van der Waals surface area contributed by atoms with Crippen molar-refractivity contribution in [1.29, 1.82) is 0 Å². The number of azo groups is 1. The molecule has 0 unspecified atom stereocenters. The molecule has 1 aromatic heterocycles. The number of anilines is 1. The Morgan fingerprint density at radius 3 is 2.92 bits per heavy atom. The van der Waals surface area contributed by atoms with Crippen molar-refractivity contribution in [2.45, 2.75) is 13.3 Å². The number of rotatable bonds is 2. The molecule has 0 radical (unpaired) electrons. The van der Waals surface area contributed by atoms with E-state index in [-0.39, 0.29) is 0 Å². The zero-order chi connectivity index (χ0) is 8.97. The summed E-state index contributed by atoms with van der Waals surface area (Å²) in [7, 11) is 1.63. The van der Waals surface area contributed by atoms with E-state index < -0.39 is 0 Å². The van der Waals surface area contributed by atoms with Crippen LogP contribution in [0.2, 0.25) is 0 Å². The molecule has 1 rings (SSSR count). The van der Waals surface area contributed by atoms with Crippen LogP contribution < -0.4 is 5.73 Å². The Bertz CT molecular complexity index is 293. The zero-order valence-electron chi connectivity index (χ0n) is 7.28. The molecular weight excluding hydrogens is 152 g/mol. The van der Waals surface area contributed by atoms with E-state index in [1.807, 2.05) is 6.92 Å². The van der Waals surface area contributed by atoms with Gasteiger partial charge in [-0.3, -0.25) is 0 Å². The second kappa shape index (κ2) is 3.80. The molecule has 0 saturated carbocycles. The molecule has 4 heteroatoms. The van der Waals surface area contributed by atoms with Gasteiger partial charge < -0.3 is 5.73 Å². The molecule has 1 heterocycles. The SMILES string of the molecule is CCc1cnc(N)cc1N=NC. The minimum atomic E-state index is 0.481. The van der Waals surface area contributed by atoms with E-state index in [9.17, 15) is 0 Å². The molecule has 0 spiro atoms. The monoisotopic (exact) mass is 164 g/mol. The van der Waals surface area contributed by atoms with Gasteiger partial charge in [0.15, 0.2) is 0 Å². The first kappa shape index (κ1) is 8.64. The fourth-order valence-corrected chi connectivity index (χ4v) is 0.962. The van der Waals surface area contributed by atoms with Gasteiger partial charge in [-0.05, 0) is 12.0 Å². The number of nitrogens with zero attached hydrogens (tertiary/aromatic N) is 3. The Balaban J connectivity index is 3.12. The molecule has 0 aliphatic rings. The first-order valence-corrected chi connectivity index (χ1v) is 3.82. The predicted molar refractivity (Wildman–Crippen MR) is 48.5 cm³/mol. The Kier molecular flexibility index (Phi) is 2.74. The fourth-order valence-electron chi connectivity index (χ4n) is 0.962. The van der Waals surface area contributed by atoms with Crippen LogP contribution in [0, 0.1) is 0 Å². The lowest BCUT2D eigenvalue weighted by Gasteiger charge is -2.00. The van der Waals surface area contributed by atoms with Crippen molar-refractivity contribution in [2.24, 2.45) is 10.2 Å². The van der Waals surface area contributed by atoms with Gasteiger partial charge in [0.25, 0.3) is 0 Å². The smallest absolute Gasteiger partial charge is 0.125 e. The Morgan fingerprint density at radius 1 is 1.58 bits per heavy atom. The number of pyridine rings is 1. The van der Waals surface area contributed by atoms with Crippen molar-refractivity contribution >= 4 is 11.5 Å². The first-order chi connectivity index (χ1) is 5.77. The van der Waals surface area contributed by atoms with Crippen molar-refractivity contribution in [3.63, 3.8) is 0 Å². The summed E-state index contributed by atoms with van der Waals surface area (Å²) < 4.78 is 0. The number of aryl methyl sites for hydroxylation is 1. The van der Waals surface area contributed by atoms with Gasteiger partial charge in [-0.2, -0.15) is 10.2 Å². The van der Waals surface area contributed by atoms with Gasteiger partial charge in [0.1, 0.15) is 5.82 Å². The molecule has 0 atom stereocenters. The molecule has 4 nitrogen and oxygen atoms in total. The summed E-state index contributed by atoms with van der Waals surface area (Å²) in [5.41, 5.74) is 7.38. The minimum Gasteiger partial charge on any atom is -0.384 e. The Morgan fingerprint density at radius 2 is 2.33 bits per heavy atom. The summed E-state index contributed by atoms with van der Waals surface area (Å²) in [6, 6.07) is 1.73. The molecule has 0 fully saturated rings. The second-order valence-electron chi connectivity index (χ2n) is 2.39. The molecule has 0 aromatic carbocycles. The summed E-state index contributed by atoms with van der Waals surface area (Å²) >= 11 is 0. The number of aromatic nitrogens is 1. The number of hydrogen-bond acceptors (Lipinski definition) is 4. The van der Waals surface area contributed by atoms with Crippen LogP contribution >= 0.6 is 0 Å². The molecule has 0 aliphatic carbocycles. The number of nitrogen functional groups attached to an aromatic ring is 1. The fraction of sp³-hybridized carbons (Fsp3) is 0.375. The third-order valence-electron chi connectivity index (χ3n) is 1.57. The topological polar surface area (TPSA) is 63.6 Å². The molecule has 12 heavy (non-hydrogen) atoms. The molecule has 0 saturated heterocycles. The lowest BCUT2D eigenvalue weighted by molar-refractivity contribution is 1.07. The van der Waals surface area contributed by atoms with Gasteiger partial charge >= 0.3 is 0 Å². The summed E-state index contributed by atoms with van der Waals surface area (Å²) in [4.78, 5) is 3.97. The van der Waals surface area contributed by atoms with Crippen LogP contribution in [0.3, 0.4) is 0 Å². The van der Waals surface area contributed by atoms with E-state index in [1.54, 1.807) is 19.3 Å². The zero-order valence-corrected chi connectivity index (χ0v) is 7.28. The molecule has 64 valence electrons. The summed E-state index contributed by atoms with van der Waals surface area (Å²) in [6.45, 7) is 2.04. The third-order valence-corrected chi connectivity index (χ3v) is 1.57. The lowest BCUT2D eigenvalue weighted by Crippen LogP contribution is -1.91. The molecular formula is C8H12N4. The quantitative estimate of drug-likeness (QED) is 0.679. The van der Waals surface area contributed by atoms with E-state index in [2.05, 4.69) is 15.2 Å². The first-order valence-electron chi connectivity index (χ1n) is 3.82. The van der Waals surface area contributed by atoms with Crippen molar-refractivity contribution in [3.8, 4) is 0 Å². The van der Waals surface area contributed by atoms with E-state index >= 15 is 0 Å². The average molecular weight is 164 g/mol. The van der Waals surface area contributed by atoms with Crippen LogP contribution in [0.25, 0.3) is 0 Å². The van der Waals surface area contributed by atoms with Crippen LogP contribution in [0.5, 0.6) is 0 Å². The van der Waals surface area contributed by atoms with Gasteiger partial charge in [0.2, 0.25) is 0 Å². The van der Waals surface area contributed by atoms with Crippen LogP contribution in [-0.4, -0.2) is 12.0 Å². The molecule has 0 amide bonds. The Hall–Kier alpha value is -1.45. The van der Waals surface area contributed by atoms with E-state index in [0.29, 0.717) is 5.82 Å². The third kappa shape index (κ3) is 1.78. The lowest BCUT2D eigenvalue weighted by atomic mass is 10.2. The summed E-state index contributed by atoms with van der Waals surface area (Å²) in [6.07, 6.45) is 2.63. The predicted octanol–water partition coefficient (Wildman–Crippen LogP) is 1.94. The maximum Gasteiger partial charge on any atom is 0.125 e. The van der Waals surface area contributed by atoms with Gasteiger partial charge in [0.05, 0.1) is 5.69 Å². The second-order valence-corrected chi connectivity index (χ2v) is 2.39. The molecule has 0 aliphatic heterocycles. The van der Waals surface area contributed by atoms with E-state index in [1.165, 1.54) is 0 Å². The van der Waals surface area contributed by atoms with Gasteiger partial charge in [0, 0.05) is 19.3 Å². The van der Waals surface area contributed by atoms with Crippen molar-refractivity contribution in [1.82, 2.24) is 4.98 Å². The number of nitrogens with two attached hydrogens (primary N) is 1. The van der Waals surface area contributed by atoms with Gasteiger partial charge in [-0.25, -0.2) is 4.98 Å². The van der Waals surface area contributed by atoms with Crippen molar-refractivity contribution in [3.05, 3.63) is 17.8 Å². The van der Waals surface area contributed by atoms with Crippen LogP contribution in [-0.2, 0) is 6.42 Å². The van der Waals surface area contributed by atoms with E-state index in [0.717, 1.165) is 17.7 Å². The standard InChI is InChI=1S/C8H12N4/c1-3-6-5-11-8(9)4-7(6)12-10-2/h4-5H,3H2,1-2H3,(H2,9,11). The largest absolute Gasteiger partial charge is 0.384 e. The minimum absolute atomic E-state index is 0.481.